The molecule has 1 aromatic heterocycles. The van der Waals surface area contributed by atoms with Gasteiger partial charge in [-0.2, -0.15) is 0 Å². The first-order valence-corrected chi connectivity index (χ1v) is 9.22. The van der Waals surface area contributed by atoms with Crippen molar-refractivity contribution in [2.75, 3.05) is 6.61 Å². The number of carbonyl (C=O) groups excluding carboxylic acids is 1. The number of amides is 1. The van der Waals surface area contributed by atoms with Gasteiger partial charge in [-0.15, -0.1) is 11.3 Å². The zero-order valence-electron chi connectivity index (χ0n) is 15.4. The molecule has 0 radical (unpaired) electrons. The van der Waals surface area contributed by atoms with Crippen molar-refractivity contribution in [3.63, 3.8) is 0 Å². The number of rotatable bonds is 7. The minimum Gasteiger partial charge on any atom is -0.482 e. The maximum atomic E-state index is 12.3. The fraction of sp³-hybridized carbons (Fsp3) is 0.421. The topological polar surface area (TPSA) is 88.5 Å². The molecule has 0 saturated carbocycles. The molecule has 0 aliphatic carbocycles. The Hall–Kier alpha value is -2.41. The number of aliphatic carboxylic acids is 1. The third-order valence-corrected chi connectivity index (χ3v) is 4.97. The number of carbonyl (C=O) groups is 2. The Balaban J connectivity index is 1.90. The SMILES string of the molecule is CC(NC(=O)Cc1csc(C(C)(C)C)n1)c1ccc(OCC(=O)O)cc1. The Morgan fingerprint density at radius 1 is 1.27 bits per heavy atom. The summed E-state index contributed by atoms with van der Waals surface area (Å²) in [4.78, 5) is 27.3. The quantitative estimate of drug-likeness (QED) is 0.774. The van der Waals surface area contributed by atoms with Gasteiger partial charge in [0, 0.05) is 10.8 Å². The van der Waals surface area contributed by atoms with E-state index in [9.17, 15) is 9.59 Å². The molecule has 0 saturated heterocycles. The molecule has 2 N–H and O–H groups in total. The van der Waals surface area contributed by atoms with E-state index in [1.165, 1.54) is 0 Å². The number of ether oxygens (including phenoxy) is 1. The molecule has 1 unspecified atom stereocenters. The summed E-state index contributed by atoms with van der Waals surface area (Å²) in [6.07, 6.45) is 0.247. The van der Waals surface area contributed by atoms with Gasteiger partial charge in [-0.05, 0) is 24.6 Å². The van der Waals surface area contributed by atoms with Gasteiger partial charge >= 0.3 is 5.97 Å². The predicted molar refractivity (Wildman–Crippen MR) is 101 cm³/mol. The molecular weight excluding hydrogens is 352 g/mol. The molecule has 140 valence electrons. The first-order chi connectivity index (χ1) is 12.1. The molecular formula is C19H24N2O4S. The summed E-state index contributed by atoms with van der Waals surface area (Å²) in [6.45, 7) is 7.81. The highest BCUT2D eigenvalue weighted by Gasteiger charge is 2.19. The molecule has 7 heteroatoms. The van der Waals surface area contributed by atoms with Gasteiger partial charge in [0.1, 0.15) is 5.75 Å². The average Bonchev–Trinajstić information content (AvgIpc) is 3.02. The summed E-state index contributed by atoms with van der Waals surface area (Å²) < 4.78 is 5.10. The second-order valence-electron chi connectivity index (χ2n) is 7.11. The van der Waals surface area contributed by atoms with Gasteiger partial charge in [-0.25, -0.2) is 9.78 Å². The van der Waals surface area contributed by atoms with Crippen LogP contribution in [-0.4, -0.2) is 28.6 Å². The molecule has 1 amide bonds. The number of nitrogens with one attached hydrogen (secondary N) is 1. The lowest BCUT2D eigenvalue weighted by Gasteiger charge is -2.15. The Morgan fingerprint density at radius 3 is 2.46 bits per heavy atom. The molecule has 26 heavy (non-hydrogen) atoms. The van der Waals surface area contributed by atoms with Crippen LogP contribution in [0.15, 0.2) is 29.6 Å². The minimum atomic E-state index is -1.02. The van der Waals surface area contributed by atoms with Crippen LogP contribution in [0.5, 0.6) is 5.75 Å². The largest absolute Gasteiger partial charge is 0.482 e. The van der Waals surface area contributed by atoms with Crippen LogP contribution < -0.4 is 10.1 Å². The maximum absolute atomic E-state index is 12.3. The van der Waals surface area contributed by atoms with Crippen LogP contribution in [0.1, 0.15) is 50.0 Å². The zero-order valence-corrected chi connectivity index (χ0v) is 16.2. The monoisotopic (exact) mass is 376 g/mol. The molecule has 0 bridgehead atoms. The number of thiazole rings is 1. The lowest BCUT2D eigenvalue weighted by molar-refractivity contribution is -0.139. The van der Waals surface area contributed by atoms with E-state index in [2.05, 4.69) is 31.1 Å². The van der Waals surface area contributed by atoms with Crippen molar-refractivity contribution in [2.45, 2.75) is 45.6 Å². The summed E-state index contributed by atoms with van der Waals surface area (Å²) in [5, 5.41) is 14.5. The Morgan fingerprint density at radius 2 is 1.92 bits per heavy atom. The van der Waals surface area contributed by atoms with Crippen LogP contribution in [0.25, 0.3) is 0 Å². The van der Waals surface area contributed by atoms with E-state index in [1.807, 2.05) is 24.4 Å². The fourth-order valence-electron chi connectivity index (χ4n) is 2.27. The number of benzene rings is 1. The standard InChI is InChI=1S/C19H24N2O4S/c1-12(13-5-7-15(8-6-13)25-10-17(23)24)20-16(22)9-14-11-26-18(21-14)19(2,3)4/h5-8,11-12H,9-10H2,1-4H3,(H,20,22)(H,23,24). The smallest absolute Gasteiger partial charge is 0.341 e. The van der Waals surface area contributed by atoms with Crippen molar-refractivity contribution in [1.29, 1.82) is 0 Å². The molecule has 0 spiro atoms. The highest BCUT2D eigenvalue weighted by molar-refractivity contribution is 7.09. The Kier molecular flexibility index (Phi) is 6.37. The van der Waals surface area contributed by atoms with Crippen LogP contribution in [0.3, 0.4) is 0 Å². The molecule has 0 fully saturated rings. The lowest BCUT2D eigenvalue weighted by Crippen LogP contribution is -2.28. The number of carboxylic acid groups (broad SMARTS) is 1. The fourth-order valence-corrected chi connectivity index (χ4v) is 3.18. The van der Waals surface area contributed by atoms with Crippen molar-refractivity contribution in [2.24, 2.45) is 0 Å². The zero-order chi connectivity index (χ0) is 19.3. The Labute approximate surface area is 157 Å². The minimum absolute atomic E-state index is 0.0167. The van der Waals surface area contributed by atoms with E-state index in [0.717, 1.165) is 16.3 Å². The van der Waals surface area contributed by atoms with Crippen molar-refractivity contribution in [1.82, 2.24) is 10.3 Å². The summed E-state index contributed by atoms with van der Waals surface area (Å²) in [6, 6.07) is 6.83. The normalized spacial score (nSPS) is 12.5. The van der Waals surface area contributed by atoms with Gasteiger partial charge in [0.2, 0.25) is 5.91 Å². The van der Waals surface area contributed by atoms with Crippen molar-refractivity contribution >= 4 is 23.2 Å². The van der Waals surface area contributed by atoms with Gasteiger partial charge in [0.25, 0.3) is 0 Å². The maximum Gasteiger partial charge on any atom is 0.341 e. The summed E-state index contributed by atoms with van der Waals surface area (Å²) in [5.74, 6) is -0.632. The van der Waals surface area contributed by atoms with Gasteiger partial charge in [0.05, 0.1) is 23.2 Å². The van der Waals surface area contributed by atoms with Gasteiger partial charge in [0.15, 0.2) is 6.61 Å². The predicted octanol–water partition coefficient (Wildman–Crippen LogP) is 3.32. The molecule has 0 aliphatic heterocycles. The van der Waals surface area contributed by atoms with E-state index in [-0.39, 0.29) is 30.4 Å². The first-order valence-electron chi connectivity index (χ1n) is 8.34. The summed E-state index contributed by atoms with van der Waals surface area (Å²) in [5.41, 5.74) is 1.67. The molecule has 1 aromatic carbocycles. The second kappa shape index (κ2) is 8.31. The number of carboxylic acids is 1. The van der Waals surface area contributed by atoms with Crippen LogP contribution in [0.4, 0.5) is 0 Å². The van der Waals surface area contributed by atoms with Gasteiger partial charge in [-0.3, -0.25) is 4.79 Å². The van der Waals surface area contributed by atoms with E-state index in [1.54, 1.807) is 23.5 Å². The van der Waals surface area contributed by atoms with Crippen LogP contribution in [-0.2, 0) is 21.4 Å². The van der Waals surface area contributed by atoms with Gasteiger partial charge in [-0.1, -0.05) is 32.9 Å². The highest BCUT2D eigenvalue weighted by atomic mass is 32.1. The number of nitrogens with zero attached hydrogens (tertiary/aromatic N) is 1. The second-order valence-corrected chi connectivity index (χ2v) is 7.97. The van der Waals surface area contributed by atoms with E-state index in [0.29, 0.717) is 5.75 Å². The van der Waals surface area contributed by atoms with Gasteiger partial charge < -0.3 is 15.2 Å². The number of hydrogen-bond acceptors (Lipinski definition) is 5. The average molecular weight is 376 g/mol. The van der Waals surface area contributed by atoms with Crippen LogP contribution in [0.2, 0.25) is 0 Å². The number of aromatic nitrogens is 1. The van der Waals surface area contributed by atoms with Crippen LogP contribution in [0, 0.1) is 0 Å². The molecule has 2 aromatic rings. The third kappa shape index (κ3) is 5.84. The molecule has 0 aliphatic rings. The van der Waals surface area contributed by atoms with E-state index < -0.39 is 5.97 Å². The Bertz CT molecular complexity index is 763. The lowest BCUT2D eigenvalue weighted by atomic mass is 9.98. The summed E-state index contributed by atoms with van der Waals surface area (Å²) in [7, 11) is 0. The molecule has 6 nitrogen and oxygen atoms in total. The summed E-state index contributed by atoms with van der Waals surface area (Å²) >= 11 is 1.58. The molecule has 1 heterocycles. The van der Waals surface area contributed by atoms with E-state index >= 15 is 0 Å². The van der Waals surface area contributed by atoms with Crippen molar-refractivity contribution < 1.29 is 19.4 Å². The molecule has 1 atom stereocenters. The van der Waals surface area contributed by atoms with Crippen molar-refractivity contribution in [3.8, 4) is 5.75 Å². The van der Waals surface area contributed by atoms with Crippen LogP contribution >= 0.6 is 11.3 Å². The third-order valence-electron chi connectivity index (χ3n) is 3.65. The van der Waals surface area contributed by atoms with Crippen molar-refractivity contribution in [3.05, 3.63) is 45.9 Å². The van der Waals surface area contributed by atoms with E-state index in [4.69, 9.17) is 9.84 Å². The first kappa shape index (κ1) is 19.9. The molecule has 2 rings (SSSR count). The number of hydrogen-bond donors (Lipinski definition) is 2. The highest BCUT2D eigenvalue weighted by Crippen LogP contribution is 2.25.